The van der Waals surface area contributed by atoms with E-state index in [-0.39, 0.29) is 0 Å². The van der Waals surface area contributed by atoms with Gasteiger partial charge in [-0.1, -0.05) is 5.92 Å². The zero-order valence-electron chi connectivity index (χ0n) is 3.72. The maximum atomic E-state index is 10.9. The zero-order valence-corrected chi connectivity index (χ0v) is 3.72. The maximum absolute atomic E-state index is 10.9. The topological polar surface area (TPSA) is 0 Å². The van der Waals surface area contributed by atoms with Crippen LogP contribution in [0.2, 0.25) is 0 Å². The fraction of sp³-hybridized carbons (Fsp3) is 0.500. The van der Waals surface area contributed by atoms with Crippen molar-refractivity contribution in [2.24, 2.45) is 0 Å². The van der Waals surface area contributed by atoms with Gasteiger partial charge in [0, 0.05) is 5.92 Å². The van der Waals surface area contributed by atoms with Gasteiger partial charge in [0.05, 0.1) is 0 Å². The van der Waals surface area contributed by atoms with Gasteiger partial charge >= 0.3 is 6.18 Å². The molecule has 0 fully saturated rings. The third kappa shape index (κ3) is 5.28. The molecule has 0 N–H and O–H groups in total. The second kappa shape index (κ2) is 2.55. The Morgan fingerprint density at radius 3 is 1.88 bits per heavy atom. The fourth-order valence-electron chi connectivity index (χ4n) is 0.134. The molecule has 0 unspecified atom stereocenters. The van der Waals surface area contributed by atoms with Gasteiger partial charge in [0.2, 0.25) is 0 Å². The molecule has 0 aromatic rings. The van der Waals surface area contributed by atoms with Crippen LogP contribution in [-0.4, -0.2) is 12.9 Å². The maximum Gasteiger partial charge on any atom is 0.457 e. The largest absolute Gasteiger partial charge is 0.457 e. The summed E-state index contributed by atoms with van der Waals surface area (Å²) >= 11 is 0. The van der Waals surface area contributed by atoms with E-state index < -0.39 is 12.9 Å². The molecule has 0 bridgehead atoms. The quantitative estimate of drug-likeness (QED) is 0.341. The second-order valence-corrected chi connectivity index (χ2v) is 0.933. The van der Waals surface area contributed by atoms with Crippen molar-refractivity contribution < 1.29 is 17.6 Å². The van der Waals surface area contributed by atoms with Gasteiger partial charge in [0.1, 0.15) is 0 Å². The lowest BCUT2D eigenvalue weighted by Gasteiger charge is -1.89. The molecule has 46 valence electrons. The molecule has 0 saturated heterocycles. The lowest BCUT2D eigenvalue weighted by Crippen LogP contribution is -2.01. The van der Waals surface area contributed by atoms with Gasteiger partial charge < -0.3 is 0 Å². The van der Waals surface area contributed by atoms with Crippen LogP contribution < -0.4 is 0 Å². The third-order valence-electron chi connectivity index (χ3n) is 0.297. The Balaban J connectivity index is 3.69. The van der Waals surface area contributed by atoms with E-state index in [4.69, 9.17) is 0 Å². The minimum atomic E-state index is -4.55. The highest BCUT2D eigenvalue weighted by Gasteiger charge is 2.22. The summed E-state index contributed by atoms with van der Waals surface area (Å²) in [6.45, 7) is -1.25. The van der Waals surface area contributed by atoms with Crippen LogP contribution >= 0.6 is 0 Å². The van der Waals surface area contributed by atoms with Crippen LogP contribution in [0.4, 0.5) is 17.6 Å². The van der Waals surface area contributed by atoms with Gasteiger partial charge in [0.25, 0.3) is 0 Å². The summed E-state index contributed by atoms with van der Waals surface area (Å²) in [4.78, 5) is 0. The van der Waals surface area contributed by atoms with Gasteiger partial charge in [-0.2, -0.15) is 13.2 Å². The molecule has 0 aromatic heterocycles. The van der Waals surface area contributed by atoms with E-state index in [1.807, 2.05) is 0 Å². The van der Waals surface area contributed by atoms with Crippen LogP contribution in [0, 0.1) is 11.8 Å². The molecule has 0 amide bonds. The summed E-state index contributed by atoms with van der Waals surface area (Å²) in [5.74, 6) is 1.99. The Hall–Kier alpha value is -0.720. The molecule has 0 aliphatic carbocycles. The van der Waals surface area contributed by atoms with E-state index in [9.17, 15) is 17.6 Å². The Morgan fingerprint density at radius 2 is 1.75 bits per heavy atom. The molecular weight excluding hydrogens is 124 g/mol. The minimum Gasteiger partial charge on any atom is -0.237 e. The van der Waals surface area contributed by atoms with Crippen molar-refractivity contribution >= 4 is 0 Å². The first-order chi connectivity index (χ1) is 3.56. The Morgan fingerprint density at radius 1 is 1.25 bits per heavy atom. The smallest absolute Gasteiger partial charge is 0.237 e. The van der Waals surface area contributed by atoms with E-state index in [1.165, 1.54) is 5.92 Å². The minimum absolute atomic E-state index is 0.747. The number of hydrogen-bond donors (Lipinski definition) is 0. The number of alkyl halides is 4. The van der Waals surface area contributed by atoms with Crippen LogP contribution in [0.15, 0.2) is 0 Å². The molecule has 0 atom stereocenters. The predicted octanol–water partition coefficient (Wildman–Crippen LogP) is 1.52. The first kappa shape index (κ1) is 7.28. The standard InChI is InChI=1S/C4H2F4/c5-3-1-2-4(6,7)8/h3H2. The molecular formula is C4H2F4. The van der Waals surface area contributed by atoms with Gasteiger partial charge in [-0.3, -0.25) is 0 Å². The van der Waals surface area contributed by atoms with Gasteiger partial charge in [0.15, 0.2) is 6.67 Å². The lowest BCUT2D eigenvalue weighted by molar-refractivity contribution is -0.0697. The summed E-state index contributed by atoms with van der Waals surface area (Å²) in [6.07, 6.45) is -4.55. The van der Waals surface area contributed by atoms with Crippen LogP contribution in [0.25, 0.3) is 0 Å². The van der Waals surface area contributed by atoms with Crippen LogP contribution in [0.3, 0.4) is 0 Å². The molecule has 0 radical (unpaired) electrons. The average Bonchev–Trinajstić information content (AvgIpc) is 1.59. The number of halogens is 4. The van der Waals surface area contributed by atoms with Crippen molar-refractivity contribution in [3.05, 3.63) is 0 Å². The van der Waals surface area contributed by atoms with Crippen molar-refractivity contribution in [3.63, 3.8) is 0 Å². The Labute approximate surface area is 43.5 Å². The van der Waals surface area contributed by atoms with E-state index in [0.29, 0.717) is 0 Å². The van der Waals surface area contributed by atoms with Crippen LogP contribution in [0.1, 0.15) is 0 Å². The van der Waals surface area contributed by atoms with Gasteiger partial charge in [-0.05, 0) is 0 Å². The first-order valence-electron chi connectivity index (χ1n) is 1.69. The molecule has 8 heavy (non-hydrogen) atoms. The predicted molar refractivity (Wildman–Crippen MR) is 19.8 cm³/mol. The van der Waals surface area contributed by atoms with Crippen molar-refractivity contribution in [1.29, 1.82) is 0 Å². The second-order valence-electron chi connectivity index (χ2n) is 0.933. The zero-order chi connectivity index (χ0) is 6.62. The Bertz CT molecular complexity index is 112. The highest BCUT2D eigenvalue weighted by molar-refractivity contribution is 5.04. The molecule has 0 nitrogen and oxygen atoms in total. The summed E-state index contributed by atoms with van der Waals surface area (Å²) in [6, 6.07) is 0. The van der Waals surface area contributed by atoms with E-state index in [1.54, 1.807) is 0 Å². The molecule has 0 aromatic carbocycles. The van der Waals surface area contributed by atoms with Crippen molar-refractivity contribution in [2.75, 3.05) is 6.67 Å². The first-order valence-corrected chi connectivity index (χ1v) is 1.69. The van der Waals surface area contributed by atoms with Crippen LogP contribution in [-0.2, 0) is 0 Å². The fourth-order valence-corrected chi connectivity index (χ4v) is 0.134. The molecule has 0 aliphatic rings. The number of rotatable bonds is 0. The molecule has 0 aliphatic heterocycles. The van der Waals surface area contributed by atoms with Gasteiger partial charge in [-0.15, -0.1) is 0 Å². The summed E-state index contributed by atoms with van der Waals surface area (Å²) in [5.41, 5.74) is 0. The highest BCUT2D eigenvalue weighted by Crippen LogP contribution is 2.11. The molecule has 0 heterocycles. The highest BCUT2D eigenvalue weighted by atomic mass is 19.4. The molecule has 4 heteroatoms. The third-order valence-corrected chi connectivity index (χ3v) is 0.297. The van der Waals surface area contributed by atoms with Crippen LogP contribution in [0.5, 0.6) is 0 Å². The summed E-state index contributed by atoms with van der Waals surface area (Å²) < 4.78 is 43.6. The van der Waals surface area contributed by atoms with Gasteiger partial charge in [-0.25, -0.2) is 4.39 Å². The van der Waals surface area contributed by atoms with E-state index in [0.717, 1.165) is 5.92 Å². The van der Waals surface area contributed by atoms with Crippen molar-refractivity contribution in [2.45, 2.75) is 6.18 Å². The summed E-state index contributed by atoms with van der Waals surface area (Å²) in [7, 11) is 0. The molecule has 0 saturated carbocycles. The SMILES string of the molecule is FCC#CC(F)(F)F. The van der Waals surface area contributed by atoms with Crippen molar-refractivity contribution in [3.8, 4) is 11.8 Å². The Kier molecular flexibility index (Phi) is 2.32. The van der Waals surface area contributed by atoms with Crippen molar-refractivity contribution in [1.82, 2.24) is 0 Å². The van der Waals surface area contributed by atoms with E-state index >= 15 is 0 Å². The number of hydrogen-bond acceptors (Lipinski definition) is 0. The lowest BCUT2D eigenvalue weighted by atomic mass is 10.6. The average molecular weight is 126 g/mol. The monoisotopic (exact) mass is 126 g/mol. The summed E-state index contributed by atoms with van der Waals surface area (Å²) in [5, 5.41) is 0. The van der Waals surface area contributed by atoms with E-state index in [2.05, 4.69) is 0 Å². The normalized spacial score (nSPS) is 10.0. The molecule has 0 spiro atoms. The molecule has 0 rings (SSSR count).